The SMILES string of the molecule is NC(=O)C(CCSc1nnc2ccccn12)NC1CC1. The van der Waals surface area contributed by atoms with Gasteiger partial charge in [-0.3, -0.25) is 9.20 Å². The standard InChI is InChI=1S/C13H17N5OS/c14-12(19)10(15-9-4-5-9)6-8-20-13-17-16-11-3-1-2-7-18(11)13/h1-3,7,9-10,15H,4-6,8H2,(H2,14,19). The average Bonchev–Trinajstić information content (AvgIpc) is 3.17. The van der Waals surface area contributed by atoms with E-state index in [0.29, 0.717) is 12.5 Å². The summed E-state index contributed by atoms with van der Waals surface area (Å²) in [4.78, 5) is 11.4. The highest BCUT2D eigenvalue weighted by Gasteiger charge is 2.26. The molecule has 0 bridgehead atoms. The molecule has 3 N–H and O–H groups in total. The van der Waals surface area contributed by atoms with Crippen LogP contribution in [0.2, 0.25) is 0 Å². The van der Waals surface area contributed by atoms with Gasteiger partial charge in [-0.15, -0.1) is 10.2 Å². The number of carbonyl (C=O) groups is 1. The molecule has 0 aromatic carbocycles. The number of hydrogen-bond donors (Lipinski definition) is 2. The van der Waals surface area contributed by atoms with Crippen LogP contribution in [0.1, 0.15) is 19.3 Å². The van der Waals surface area contributed by atoms with Crippen molar-refractivity contribution < 1.29 is 4.79 Å². The number of amides is 1. The first-order valence-electron chi connectivity index (χ1n) is 6.72. The number of primary amides is 1. The molecule has 3 rings (SSSR count). The highest BCUT2D eigenvalue weighted by molar-refractivity contribution is 7.99. The Bertz CT molecular complexity index is 610. The monoisotopic (exact) mass is 291 g/mol. The van der Waals surface area contributed by atoms with Crippen LogP contribution in [0.4, 0.5) is 0 Å². The van der Waals surface area contributed by atoms with Crippen molar-refractivity contribution in [3.05, 3.63) is 24.4 Å². The highest BCUT2D eigenvalue weighted by Crippen LogP contribution is 2.22. The van der Waals surface area contributed by atoms with E-state index in [2.05, 4.69) is 15.5 Å². The number of aromatic nitrogens is 3. The maximum Gasteiger partial charge on any atom is 0.234 e. The molecule has 106 valence electrons. The summed E-state index contributed by atoms with van der Waals surface area (Å²) in [5.41, 5.74) is 6.25. The summed E-state index contributed by atoms with van der Waals surface area (Å²) in [6, 6.07) is 6.03. The Hall–Kier alpha value is -1.60. The van der Waals surface area contributed by atoms with Crippen LogP contribution in [0.5, 0.6) is 0 Å². The summed E-state index contributed by atoms with van der Waals surface area (Å²) < 4.78 is 1.94. The molecule has 0 spiro atoms. The molecule has 1 atom stereocenters. The van der Waals surface area contributed by atoms with Crippen molar-refractivity contribution in [2.45, 2.75) is 36.5 Å². The van der Waals surface area contributed by atoms with Crippen LogP contribution in [0, 0.1) is 0 Å². The van der Waals surface area contributed by atoms with Crippen molar-refractivity contribution in [2.75, 3.05) is 5.75 Å². The normalized spacial score (nSPS) is 16.4. The predicted octanol–water partition coefficient (Wildman–Crippen LogP) is 0.817. The molecule has 6 nitrogen and oxygen atoms in total. The van der Waals surface area contributed by atoms with Gasteiger partial charge in [0, 0.05) is 18.0 Å². The second-order valence-electron chi connectivity index (χ2n) is 4.94. The lowest BCUT2D eigenvalue weighted by atomic mass is 10.2. The molecule has 7 heteroatoms. The molecule has 0 radical (unpaired) electrons. The first-order valence-corrected chi connectivity index (χ1v) is 7.70. The number of nitrogens with two attached hydrogens (primary N) is 1. The minimum Gasteiger partial charge on any atom is -0.368 e. The topological polar surface area (TPSA) is 85.3 Å². The number of hydrogen-bond acceptors (Lipinski definition) is 5. The van der Waals surface area contributed by atoms with Gasteiger partial charge in [0.25, 0.3) is 0 Å². The quantitative estimate of drug-likeness (QED) is 0.738. The summed E-state index contributed by atoms with van der Waals surface area (Å²) in [6.45, 7) is 0. The van der Waals surface area contributed by atoms with Gasteiger partial charge >= 0.3 is 0 Å². The fourth-order valence-corrected chi connectivity index (χ4v) is 2.96. The zero-order valence-electron chi connectivity index (χ0n) is 11.0. The second kappa shape index (κ2) is 5.80. The van der Waals surface area contributed by atoms with Crippen LogP contribution < -0.4 is 11.1 Å². The zero-order valence-corrected chi connectivity index (χ0v) is 11.8. The van der Waals surface area contributed by atoms with Crippen molar-refractivity contribution in [1.29, 1.82) is 0 Å². The maximum atomic E-state index is 11.4. The lowest BCUT2D eigenvalue weighted by molar-refractivity contribution is -0.120. The highest BCUT2D eigenvalue weighted by atomic mass is 32.2. The van der Waals surface area contributed by atoms with Crippen LogP contribution in [-0.4, -0.2) is 38.3 Å². The van der Waals surface area contributed by atoms with Gasteiger partial charge in [0.1, 0.15) is 0 Å². The Labute approximate surface area is 121 Å². The van der Waals surface area contributed by atoms with Crippen molar-refractivity contribution in [3.63, 3.8) is 0 Å². The van der Waals surface area contributed by atoms with Gasteiger partial charge in [-0.25, -0.2) is 0 Å². The molecule has 0 aliphatic heterocycles. The van der Waals surface area contributed by atoms with Gasteiger partial charge < -0.3 is 11.1 Å². The van der Waals surface area contributed by atoms with Crippen LogP contribution in [0.25, 0.3) is 5.65 Å². The van der Waals surface area contributed by atoms with Gasteiger partial charge in [0.05, 0.1) is 6.04 Å². The third-order valence-electron chi connectivity index (χ3n) is 3.28. The van der Waals surface area contributed by atoms with Crippen LogP contribution >= 0.6 is 11.8 Å². The van der Waals surface area contributed by atoms with E-state index in [4.69, 9.17) is 5.73 Å². The van der Waals surface area contributed by atoms with Gasteiger partial charge in [0.2, 0.25) is 5.91 Å². The van der Waals surface area contributed by atoms with Crippen molar-refractivity contribution in [2.24, 2.45) is 5.73 Å². The number of rotatable bonds is 7. The second-order valence-corrected chi connectivity index (χ2v) is 6.01. The average molecular weight is 291 g/mol. The lowest BCUT2D eigenvalue weighted by Crippen LogP contribution is -2.42. The van der Waals surface area contributed by atoms with Crippen molar-refractivity contribution >= 4 is 23.3 Å². The Morgan fingerprint density at radius 1 is 1.50 bits per heavy atom. The third kappa shape index (κ3) is 3.10. The van der Waals surface area contributed by atoms with E-state index in [0.717, 1.165) is 29.4 Å². The summed E-state index contributed by atoms with van der Waals surface area (Å²) in [7, 11) is 0. The van der Waals surface area contributed by atoms with E-state index < -0.39 is 0 Å². The van der Waals surface area contributed by atoms with Crippen LogP contribution in [-0.2, 0) is 4.79 Å². The molecule has 1 aliphatic carbocycles. The number of fused-ring (bicyclic) bond motifs is 1. The van der Waals surface area contributed by atoms with Gasteiger partial charge in [-0.05, 0) is 31.4 Å². The Kier molecular flexibility index (Phi) is 3.88. The van der Waals surface area contributed by atoms with Crippen molar-refractivity contribution in [3.8, 4) is 0 Å². The molecule has 1 amide bonds. The molecule has 2 aromatic heterocycles. The van der Waals surface area contributed by atoms with Crippen LogP contribution in [0.15, 0.2) is 29.6 Å². The van der Waals surface area contributed by atoms with E-state index in [1.165, 1.54) is 0 Å². The molecular weight excluding hydrogens is 274 g/mol. The fourth-order valence-electron chi connectivity index (χ4n) is 2.03. The molecule has 0 saturated heterocycles. The summed E-state index contributed by atoms with van der Waals surface area (Å²) in [6.07, 6.45) is 4.93. The lowest BCUT2D eigenvalue weighted by Gasteiger charge is -2.14. The molecule has 2 heterocycles. The molecule has 1 saturated carbocycles. The molecule has 1 unspecified atom stereocenters. The summed E-state index contributed by atoms with van der Waals surface area (Å²) in [5, 5.41) is 12.4. The largest absolute Gasteiger partial charge is 0.368 e. The Balaban J connectivity index is 1.57. The Morgan fingerprint density at radius 3 is 3.10 bits per heavy atom. The van der Waals surface area contributed by atoms with E-state index in [1.807, 2.05) is 28.8 Å². The van der Waals surface area contributed by atoms with Gasteiger partial charge in [0.15, 0.2) is 10.8 Å². The zero-order chi connectivity index (χ0) is 13.9. The minimum absolute atomic E-state index is 0.241. The van der Waals surface area contributed by atoms with Gasteiger partial charge in [-0.1, -0.05) is 17.8 Å². The fraction of sp³-hybridized carbons (Fsp3) is 0.462. The van der Waals surface area contributed by atoms with E-state index in [9.17, 15) is 4.79 Å². The van der Waals surface area contributed by atoms with Gasteiger partial charge in [-0.2, -0.15) is 0 Å². The van der Waals surface area contributed by atoms with E-state index in [1.54, 1.807) is 11.8 Å². The van der Waals surface area contributed by atoms with E-state index in [-0.39, 0.29) is 11.9 Å². The number of nitrogens with one attached hydrogen (secondary N) is 1. The summed E-state index contributed by atoms with van der Waals surface area (Å²) in [5.74, 6) is 0.506. The minimum atomic E-state index is -0.274. The number of pyridine rings is 1. The summed E-state index contributed by atoms with van der Waals surface area (Å²) >= 11 is 1.59. The maximum absolute atomic E-state index is 11.4. The predicted molar refractivity (Wildman–Crippen MR) is 77.5 cm³/mol. The van der Waals surface area contributed by atoms with Crippen LogP contribution in [0.3, 0.4) is 0 Å². The number of thioether (sulfide) groups is 1. The third-order valence-corrected chi connectivity index (χ3v) is 4.25. The first-order chi connectivity index (χ1) is 9.74. The number of carbonyl (C=O) groups excluding carboxylic acids is 1. The molecule has 1 fully saturated rings. The van der Waals surface area contributed by atoms with E-state index >= 15 is 0 Å². The van der Waals surface area contributed by atoms with Crippen molar-refractivity contribution in [1.82, 2.24) is 19.9 Å². The first kappa shape index (κ1) is 13.4. The molecular formula is C13H17N5OS. The molecule has 20 heavy (non-hydrogen) atoms. The smallest absolute Gasteiger partial charge is 0.234 e. The Morgan fingerprint density at radius 2 is 2.35 bits per heavy atom. The molecule has 1 aliphatic rings. The molecule has 2 aromatic rings. The number of nitrogens with zero attached hydrogens (tertiary/aromatic N) is 3.